The van der Waals surface area contributed by atoms with Crippen molar-refractivity contribution >= 4 is 0 Å². The molecule has 4 heteroatoms. The summed E-state index contributed by atoms with van der Waals surface area (Å²) in [5.74, 6) is -1.77. The zero-order valence-electron chi connectivity index (χ0n) is 7.75. The third-order valence-corrected chi connectivity index (χ3v) is 2.74. The van der Waals surface area contributed by atoms with E-state index in [4.69, 9.17) is 10.2 Å². The molecule has 0 aromatic carbocycles. The zero-order chi connectivity index (χ0) is 10.2. The first-order chi connectivity index (χ1) is 6.57. The van der Waals surface area contributed by atoms with Crippen molar-refractivity contribution in [1.82, 2.24) is 0 Å². The highest BCUT2D eigenvalue weighted by Gasteiger charge is 2.47. The smallest absolute Gasteiger partial charge is 0.248 e. The van der Waals surface area contributed by atoms with Gasteiger partial charge in [0, 0.05) is 25.3 Å². The van der Waals surface area contributed by atoms with Gasteiger partial charge < -0.3 is 10.2 Å². The Labute approximate surface area is 81.1 Å². The lowest BCUT2D eigenvalue weighted by atomic mass is 9.75. The summed E-state index contributed by atoms with van der Waals surface area (Å²) in [6, 6.07) is 3.38. The quantitative estimate of drug-likeness (QED) is 0.814. The highest BCUT2D eigenvalue weighted by Crippen LogP contribution is 2.44. The van der Waals surface area contributed by atoms with Gasteiger partial charge in [-0.3, -0.25) is 0 Å². The summed E-state index contributed by atoms with van der Waals surface area (Å²) in [5.41, 5.74) is 5.80. The average molecular weight is 201 g/mol. The van der Waals surface area contributed by atoms with E-state index in [1.54, 1.807) is 12.3 Å². The van der Waals surface area contributed by atoms with Crippen LogP contribution in [0.25, 0.3) is 0 Å². The molecule has 0 aliphatic heterocycles. The Morgan fingerprint density at radius 1 is 1.57 bits per heavy atom. The fraction of sp³-hybridized carbons (Fsp3) is 0.600. The number of hydrogen-bond donors (Lipinski definition) is 1. The monoisotopic (exact) mass is 201 g/mol. The van der Waals surface area contributed by atoms with Crippen molar-refractivity contribution in [3.8, 4) is 0 Å². The van der Waals surface area contributed by atoms with E-state index in [9.17, 15) is 8.78 Å². The molecular formula is C10H13F2NO. The lowest BCUT2D eigenvalue weighted by Gasteiger charge is -2.38. The largest absolute Gasteiger partial charge is 0.469 e. The van der Waals surface area contributed by atoms with E-state index in [1.807, 2.05) is 6.07 Å². The molecule has 0 spiro atoms. The molecule has 1 heterocycles. The van der Waals surface area contributed by atoms with Crippen molar-refractivity contribution in [2.75, 3.05) is 0 Å². The summed E-state index contributed by atoms with van der Waals surface area (Å²) in [6.45, 7) is 0. The zero-order valence-corrected chi connectivity index (χ0v) is 7.75. The average Bonchev–Trinajstić information content (AvgIpc) is 2.52. The third-order valence-electron chi connectivity index (χ3n) is 2.74. The van der Waals surface area contributed by atoms with E-state index in [0.29, 0.717) is 6.42 Å². The summed E-state index contributed by atoms with van der Waals surface area (Å²) in [5, 5.41) is 0. The Balaban J connectivity index is 1.83. The van der Waals surface area contributed by atoms with Gasteiger partial charge in [-0.1, -0.05) is 0 Å². The minimum atomic E-state index is -2.48. The molecule has 1 unspecified atom stereocenters. The van der Waals surface area contributed by atoms with E-state index in [0.717, 1.165) is 5.76 Å². The predicted molar refractivity (Wildman–Crippen MR) is 48.1 cm³/mol. The van der Waals surface area contributed by atoms with Crippen LogP contribution in [0, 0.1) is 5.92 Å². The van der Waals surface area contributed by atoms with Gasteiger partial charge in [0.15, 0.2) is 0 Å². The number of nitrogens with two attached hydrogens (primary N) is 1. The minimum Gasteiger partial charge on any atom is -0.469 e. The van der Waals surface area contributed by atoms with Gasteiger partial charge in [0.05, 0.1) is 6.26 Å². The maximum Gasteiger partial charge on any atom is 0.248 e. The minimum absolute atomic E-state index is 0.0601. The van der Waals surface area contributed by atoms with Crippen LogP contribution in [0.4, 0.5) is 8.78 Å². The Morgan fingerprint density at radius 2 is 2.29 bits per heavy atom. The third kappa shape index (κ3) is 1.95. The van der Waals surface area contributed by atoms with E-state index in [-0.39, 0.29) is 24.8 Å². The molecular weight excluding hydrogens is 188 g/mol. The van der Waals surface area contributed by atoms with Crippen LogP contribution < -0.4 is 5.73 Å². The first-order valence-electron chi connectivity index (χ1n) is 4.73. The molecule has 2 rings (SSSR count). The molecule has 78 valence electrons. The van der Waals surface area contributed by atoms with Crippen LogP contribution in [0.15, 0.2) is 22.8 Å². The van der Waals surface area contributed by atoms with Gasteiger partial charge in [-0.05, 0) is 18.1 Å². The van der Waals surface area contributed by atoms with Gasteiger partial charge in [-0.25, -0.2) is 8.78 Å². The van der Waals surface area contributed by atoms with Crippen LogP contribution in [0.3, 0.4) is 0 Å². The second-order valence-electron chi connectivity index (χ2n) is 3.97. The highest BCUT2D eigenvalue weighted by molar-refractivity contribution is 5.03. The van der Waals surface area contributed by atoms with Gasteiger partial charge in [0.1, 0.15) is 5.76 Å². The first-order valence-corrected chi connectivity index (χ1v) is 4.73. The molecule has 0 saturated heterocycles. The summed E-state index contributed by atoms with van der Waals surface area (Å²) >= 11 is 0. The van der Waals surface area contributed by atoms with Crippen molar-refractivity contribution in [3.63, 3.8) is 0 Å². The Kier molecular flexibility index (Phi) is 2.31. The number of hydrogen-bond acceptors (Lipinski definition) is 2. The van der Waals surface area contributed by atoms with E-state index >= 15 is 0 Å². The number of furan rings is 1. The van der Waals surface area contributed by atoms with E-state index in [2.05, 4.69) is 0 Å². The fourth-order valence-electron chi connectivity index (χ4n) is 1.84. The van der Waals surface area contributed by atoms with Crippen LogP contribution in [0.2, 0.25) is 0 Å². The number of halogens is 2. The molecule has 1 aromatic heterocycles. The molecule has 0 radical (unpaired) electrons. The van der Waals surface area contributed by atoms with Gasteiger partial charge in [-0.15, -0.1) is 0 Å². The van der Waals surface area contributed by atoms with Crippen LogP contribution >= 0.6 is 0 Å². The SMILES string of the molecule is NC(Cc1ccco1)C1CC(F)(F)C1. The van der Waals surface area contributed by atoms with E-state index < -0.39 is 5.92 Å². The summed E-state index contributed by atoms with van der Waals surface area (Å²) in [7, 11) is 0. The predicted octanol–water partition coefficient (Wildman–Crippen LogP) is 2.19. The first kappa shape index (κ1) is 9.65. The van der Waals surface area contributed by atoms with Gasteiger partial charge in [0.2, 0.25) is 5.92 Å². The topological polar surface area (TPSA) is 39.2 Å². The molecule has 14 heavy (non-hydrogen) atoms. The van der Waals surface area contributed by atoms with Crippen LogP contribution in [0.5, 0.6) is 0 Å². The molecule has 2 nitrogen and oxygen atoms in total. The molecule has 1 saturated carbocycles. The Hall–Kier alpha value is -0.900. The van der Waals surface area contributed by atoms with Crippen LogP contribution in [-0.2, 0) is 6.42 Å². The van der Waals surface area contributed by atoms with Gasteiger partial charge in [0.25, 0.3) is 0 Å². The fourth-order valence-corrected chi connectivity index (χ4v) is 1.84. The molecule has 1 aromatic rings. The molecule has 0 amide bonds. The lowest BCUT2D eigenvalue weighted by molar-refractivity contribution is -0.116. The second kappa shape index (κ2) is 3.35. The second-order valence-corrected chi connectivity index (χ2v) is 3.97. The van der Waals surface area contributed by atoms with Crippen molar-refractivity contribution in [1.29, 1.82) is 0 Å². The molecule has 1 atom stereocenters. The molecule has 2 N–H and O–H groups in total. The van der Waals surface area contributed by atoms with E-state index in [1.165, 1.54) is 0 Å². The molecule has 1 aliphatic rings. The summed E-state index contributed by atoms with van der Waals surface area (Å²) < 4.78 is 30.2. The molecule has 1 aliphatic carbocycles. The number of alkyl halides is 2. The van der Waals surface area contributed by atoms with Crippen molar-refractivity contribution in [2.24, 2.45) is 11.7 Å². The molecule has 1 fully saturated rings. The maximum atomic E-state index is 12.5. The van der Waals surface area contributed by atoms with Crippen LogP contribution in [-0.4, -0.2) is 12.0 Å². The van der Waals surface area contributed by atoms with Gasteiger partial charge in [-0.2, -0.15) is 0 Å². The van der Waals surface area contributed by atoms with Crippen molar-refractivity contribution in [3.05, 3.63) is 24.2 Å². The standard InChI is InChI=1S/C10H13F2NO/c11-10(12)5-7(6-10)9(13)4-8-2-1-3-14-8/h1-3,7,9H,4-6,13H2. The Bertz CT molecular complexity index is 289. The van der Waals surface area contributed by atoms with Crippen molar-refractivity contribution < 1.29 is 13.2 Å². The van der Waals surface area contributed by atoms with Crippen LogP contribution in [0.1, 0.15) is 18.6 Å². The normalized spacial score (nSPS) is 23.1. The lowest BCUT2D eigenvalue weighted by Crippen LogP contribution is -2.46. The Morgan fingerprint density at radius 3 is 2.79 bits per heavy atom. The summed E-state index contributed by atoms with van der Waals surface area (Å²) in [4.78, 5) is 0. The number of rotatable bonds is 3. The van der Waals surface area contributed by atoms with Crippen molar-refractivity contribution in [2.45, 2.75) is 31.2 Å². The maximum absolute atomic E-state index is 12.5. The summed E-state index contributed by atoms with van der Waals surface area (Å²) in [6.07, 6.45) is 1.97. The molecule has 0 bridgehead atoms. The van der Waals surface area contributed by atoms with Gasteiger partial charge >= 0.3 is 0 Å². The highest BCUT2D eigenvalue weighted by atomic mass is 19.3.